The second-order valence-corrected chi connectivity index (χ2v) is 6.48. The molecule has 1 atom stereocenters. The second-order valence-electron chi connectivity index (χ2n) is 6.48. The van der Waals surface area contributed by atoms with Crippen LogP contribution in [0.5, 0.6) is 0 Å². The van der Waals surface area contributed by atoms with Crippen LogP contribution < -0.4 is 10.9 Å². The van der Waals surface area contributed by atoms with Crippen LogP contribution in [0.25, 0.3) is 11.0 Å². The molecule has 2 heterocycles. The number of nitrogens with one attached hydrogen (secondary N) is 2. The molecule has 0 saturated carbocycles. The molecule has 0 radical (unpaired) electrons. The van der Waals surface area contributed by atoms with Crippen molar-refractivity contribution in [3.8, 4) is 0 Å². The van der Waals surface area contributed by atoms with Gasteiger partial charge in [-0.1, -0.05) is 0 Å². The Morgan fingerprint density at radius 3 is 2.59 bits per heavy atom. The van der Waals surface area contributed by atoms with Gasteiger partial charge < -0.3 is 10.2 Å². The molecule has 2 aromatic rings. The van der Waals surface area contributed by atoms with Crippen molar-refractivity contribution in [2.24, 2.45) is 0 Å². The Balaban J connectivity index is 2.45. The van der Waals surface area contributed by atoms with Gasteiger partial charge in [0.25, 0.3) is 5.56 Å². The summed E-state index contributed by atoms with van der Waals surface area (Å²) in [5, 5.41) is 7.59. The number of H-pyrrole nitrogens is 1. The van der Waals surface area contributed by atoms with Crippen molar-refractivity contribution < 1.29 is 4.79 Å². The molecule has 0 aliphatic carbocycles. The molecule has 2 rings (SSSR count). The van der Waals surface area contributed by atoms with Gasteiger partial charge in [-0.15, -0.1) is 0 Å². The van der Waals surface area contributed by atoms with Crippen molar-refractivity contribution in [1.82, 2.24) is 24.6 Å². The maximum absolute atomic E-state index is 12.1. The van der Waals surface area contributed by atoms with E-state index in [0.717, 1.165) is 0 Å². The van der Waals surface area contributed by atoms with E-state index in [-0.39, 0.29) is 23.0 Å². The number of rotatable bonds is 3. The summed E-state index contributed by atoms with van der Waals surface area (Å²) in [6.07, 6.45) is 1.50. The van der Waals surface area contributed by atoms with E-state index in [1.54, 1.807) is 25.7 Å². The summed E-state index contributed by atoms with van der Waals surface area (Å²) >= 11 is 0. The summed E-state index contributed by atoms with van der Waals surface area (Å²) in [6, 6.07) is -0.499. The Kier molecular flexibility index (Phi) is 3.95. The number of anilines is 1. The van der Waals surface area contributed by atoms with Gasteiger partial charge in [0.15, 0.2) is 5.65 Å². The Labute approximate surface area is 128 Å². The number of aromatic amines is 1. The summed E-state index contributed by atoms with van der Waals surface area (Å²) in [4.78, 5) is 32.6. The molecule has 0 unspecified atom stereocenters. The SMILES string of the molecule is C[C@H](Nc1nc2c(cnn2C(C)(C)C)c(=O)[nH]1)C(=O)N(C)C. The van der Waals surface area contributed by atoms with E-state index in [1.165, 1.54) is 11.1 Å². The fourth-order valence-corrected chi connectivity index (χ4v) is 2.13. The third kappa shape index (κ3) is 2.95. The molecule has 0 aliphatic heterocycles. The predicted octanol–water partition coefficient (Wildman–Crippen LogP) is 0.763. The molecule has 22 heavy (non-hydrogen) atoms. The zero-order chi connectivity index (χ0) is 16.7. The van der Waals surface area contributed by atoms with Crippen LogP contribution in [0.15, 0.2) is 11.0 Å². The number of fused-ring (bicyclic) bond motifs is 1. The zero-order valence-electron chi connectivity index (χ0n) is 13.8. The van der Waals surface area contributed by atoms with E-state index in [2.05, 4.69) is 20.4 Å². The molecule has 120 valence electrons. The zero-order valence-corrected chi connectivity index (χ0v) is 13.8. The minimum absolute atomic E-state index is 0.105. The molecule has 8 heteroatoms. The van der Waals surface area contributed by atoms with E-state index < -0.39 is 6.04 Å². The number of hydrogen-bond acceptors (Lipinski definition) is 5. The van der Waals surface area contributed by atoms with Gasteiger partial charge in [-0.2, -0.15) is 10.1 Å². The summed E-state index contributed by atoms with van der Waals surface area (Å²) in [6.45, 7) is 7.66. The number of nitrogens with zero attached hydrogens (tertiary/aromatic N) is 4. The van der Waals surface area contributed by atoms with Crippen molar-refractivity contribution >= 4 is 22.9 Å². The first-order valence-corrected chi connectivity index (χ1v) is 7.07. The summed E-state index contributed by atoms with van der Waals surface area (Å²) in [5.74, 6) is 0.151. The molecule has 0 aromatic carbocycles. The summed E-state index contributed by atoms with van der Waals surface area (Å²) < 4.78 is 1.70. The Morgan fingerprint density at radius 2 is 2.05 bits per heavy atom. The number of hydrogen-bond donors (Lipinski definition) is 2. The molecule has 0 spiro atoms. The molecule has 0 fully saturated rings. The molecule has 2 N–H and O–H groups in total. The smallest absolute Gasteiger partial charge is 0.263 e. The third-order valence-electron chi connectivity index (χ3n) is 3.24. The Morgan fingerprint density at radius 1 is 1.41 bits per heavy atom. The van der Waals surface area contributed by atoms with Crippen molar-refractivity contribution in [1.29, 1.82) is 0 Å². The van der Waals surface area contributed by atoms with Crippen LogP contribution in [0.4, 0.5) is 5.95 Å². The number of carbonyl (C=O) groups is 1. The summed E-state index contributed by atoms with van der Waals surface area (Å²) in [7, 11) is 3.35. The van der Waals surface area contributed by atoms with Gasteiger partial charge >= 0.3 is 0 Å². The van der Waals surface area contributed by atoms with Gasteiger partial charge in [-0.3, -0.25) is 14.6 Å². The molecular formula is C14H22N6O2. The Bertz CT molecular complexity index is 753. The number of likely N-dealkylation sites (N-methyl/N-ethyl adjacent to an activating group) is 1. The van der Waals surface area contributed by atoms with Crippen LogP contribution in [0.2, 0.25) is 0 Å². The fraction of sp³-hybridized carbons (Fsp3) is 0.571. The highest BCUT2D eigenvalue weighted by Crippen LogP contribution is 2.18. The largest absolute Gasteiger partial charge is 0.347 e. The first-order valence-electron chi connectivity index (χ1n) is 7.07. The summed E-state index contributed by atoms with van der Waals surface area (Å²) in [5.41, 5.74) is -0.0963. The quantitative estimate of drug-likeness (QED) is 0.873. The molecule has 1 amide bonds. The minimum atomic E-state index is -0.499. The molecular weight excluding hydrogens is 284 g/mol. The fourth-order valence-electron chi connectivity index (χ4n) is 2.13. The van der Waals surface area contributed by atoms with E-state index in [1.807, 2.05) is 20.8 Å². The van der Waals surface area contributed by atoms with Gasteiger partial charge in [-0.25, -0.2) is 4.68 Å². The average molecular weight is 306 g/mol. The van der Waals surface area contributed by atoms with E-state index >= 15 is 0 Å². The van der Waals surface area contributed by atoms with Crippen LogP contribution in [0.1, 0.15) is 27.7 Å². The van der Waals surface area contributed by atoms with Crippen LogP contribution in [-0.4, -0.2) is 50.7 Å². The van der Waals surface area contributed by atoms with Gasteiger partial charge in [-0.05, 0) is 27.7 Å². The maximum Gasteiger partial charge on any atom is 0.263 e. The average Bonchev–Trinajstić information content (AvgIpc) is 2.81. The van der Waals surface area contributed by atoms with Crippen molar-refractivity contribution in [3.63, 3.8) is 0 Å². The lowest BCUT2D eigenvalue weighted by atomic mass is 10.1. The van der Waals surface area contributed by atoms with Crippen LogP contribution in [-0.2, 0) is 10.3 Å². The molecule has 2 aromatic heterocycles. The number of amides is 1. The van der Waals surface area contributed by atoms with E-state index in [0.29, 0.717) is 11.0 Å². The second kappa shape index (κ2) is 5.43. The van der Waals surface area contributed by atoms with Crippen molar-refractivity contribution in [2.45, 2.75) is 39.3 Å². The van der Waals surface area contributed by atoms with E-state index in [9.17, 15) is 9.59 Å². The first-order chi connectivity index (χ1) is 10.1. The molecule has 0 saturated heterocycles. The normalized spacial score (nSPS) is 13.2. The highest BCUT2D eigenvalue weighted by atomic mass is 16.2. The monoisotopic (exact) mass is 306 g/mol. The number of carbonyl (C=O) groups excluding carboxylic acids is 1. The molecule has 0 bridgehead atoms. The Hall–Kier alpha value is -2.38. The van der Waals surface area contributed by atoms with Gasteiger partial charge in [0.05, 0.1) is 11.7 Å². The van der Waals surface area contributed by atoms with Gasteiger partial charge in [0, 0.05) is 14.1 Å². The van der Waals surface area contributed by atoms with Gasteiger partial charge in [0.1, 0.15) is 11.4 Å². The minimum Gasteiger partial charge on any atom is -0.347 e. The van der Waals surface area contributed by atoms with Crippen LogP contribution >= 0.6 is 0 Å². The standard InChI is InChI=1S/C14H22N6O2/c1-8(12(22)19(5)6)16-13-17-10-9(11(21)18-13)7-15-20(10)14(2,3)4/h7-8H,1-6H3,(H2,16,17,18,21)/t8-/m0/s1. The molecule has 0 aliphatic rings. The van der Waals surface area contributed by atoms with Crippen LogP contribution in [0.3, 0.4) is 0 Å². The highest BCUT2D eigenvalue weighted by molar-refractivity contribution is 5.83. The van der Waals surface area contributed by atoms with Crippen molar-refractivity contribution in [2.75, 3.05) is 19.4 Å². The van der Waals surface area contributed by atoms with Crippen LogP contribution in [0, 0.1) is 0 Å². The predicted molar refractivity (Wildman–Crippen MR) is 84.9 cm³/mol. The lowest BCUT2D eigenvalue weighted by molar-refractivity contribution is -0.129. The van der Waals surface area contributed by atoms with E-state index in [4.69, 9.17) is 0 Å². The lowest BCUT2D eigenvalue weighted by Gasteiger charge is -2.20. The van der Waals surface area contributed by atoms with Crippen molar-refractivity contribution in [3.05, 3.63) is 16.6 Å². The third-order valence-corrected chi connectivity index (χ3v) is 3.24. The number of aromatic nitrogens is 4. The maximum atomic E-state index is 12.1. The highest BCUT2D eigenvalue weighted by Gasteiger charge is 2.21. The topological polar surface area (TPSA) is 95.9 Å². The van der Waals surface area contributed by atoms with Gasteiger partial charge in [0.2, 0.25) is 11.9 Å². The lowest BCUT2D eigenvalue weighted by Crippen LogP contribution is -2.37. The first kappa shape index (κ1) is 16.0. The molecule has 8 nitrogen and oxygen atoms in total.